The third-order valence-electron chi connectivity index (χ3n) is 3.80. The van der Waals surface area contributed by atoms with Crippen LogP contribution in [0.3, 0.4) is 0 Å². The maximum absolute atomic E-state index is 12.4. The Morgan fingerprint density at radius 3 is 2.28 bits per heavy atom. The van der Waals surface area contributed by atoms with E-state index in [4.69, 9.17) is 0 Å². The number of pyridine rings is 1. The van der Waals surface area contributed by atoms with Gasteiger partial charge >= 0.3 is 0 Å². The normalized spacial score (nSPS) is 11.7. The Morgan fingerprint density at radius 2 is 1.60 bits per heavy atom. The van der Waals surface area contributed by atoms with Gasteiger partial charge in [-0.15, -0.1) is 11.8 Å². The van der Waals surface area contributed by atoms with E-state index in [0.29, 0.717) is 0 Å². The molecule has 0 radical (unpaired) electrons. The molecule has 1 heterocycles. The van der Waals surface area contributed by atoms with Crippen molar-refractivity contribution in [3.8, 4) is 0 Å². The number of nitrogens with one attached hydrogen (secondary N) is 1. The highest BCUT2D eigenvalue weighted by Crippen LogP contribution is 2.24. The summed E-state index contributed by atoms with van der Waals surface area (Å²) in [6, 6.07) is 22.0. The topological polar surface area (TPSA) is 42.0 Å². The minimum Gasteiger partial charge on any atom is -0.325 e. The molecular weight excluding hydrogens is 328 g/mol. The van der Waals surface area contributed by atoms with Crippen LogP contribution in [0.5, 0.6) is 0 Å². The zero-order valence-electron chi connectivity index (χ0n) is 14.1. The smallest absolute Gasteiger partial charge is 0.237 e. The fraction of sp³-hybridized carbons (Fsp3) is 0.143. The quantitative estimate of drug-likeness (QED) is 0.651. The third kappa shape index (κ3) is 5.19. The summed E-state index contributed by atoms with van der Waals surface area (Å²) >= 11 is 1.56. The van der Waals surface area contributed by atoms with Gasteiger partial charge in [0, 0.05) is 23.0 Å². The van der Waals surface area contributed by atoms with E-state index in [2.05, 4.69) is 10.3 Å². The van der Waals surface area contributed by atoms with Crippen LogP contribution in [0.4, 0.5) is 5.69 Å². The largest absolute Gasteiger partial charge is 0.325 e. The molecular formula is C21H20N2OS. The zero-order chi connectivity index (χ0) is 17.5. The second-order valence-corrected chi connectivity index (χ2v) is 7.21. The summed E-state index contributed by atoms with van der Waals surface area (Å²) in [7, 11) is 0. The van der Waals surface area contributed by atoms with Crippen LogP contribution in [0, 0.1) is 0 Å². The molecule has 4 heteroatoms. The van der Waals surface area contributed by atoms with Gasteiger partial charge in [0.2, 0.25) is 5.91 Å². The van der Waals surface area contributed by atoms with E-state index in [-0.39, 0.29) is 11.2 Å². The van der Waals surface area contributed by atoms with E-state index >= 15 is 0 Å². The monoisotopic (exact) mass is 348 g/mol. The molecule has 0 fully saturated rings. The van der Waals surface area contributed by atoms with Crippen molar-refractivity contribution < 1.29 is 4.79 Å². The van der Waals surface area contributed by atoms with E-state index in [1.165, 1.54) is 11.1 Å². The predicted molar refractivity (Wildman–Crippen MR) is 104 cm³/mol. The summed E-state index contributed by atoms with van der Waals surface area (Å²) < 4.78 is 0. The Bertz CT molecular complexity index is 804. The van der Waals surface area contributed by atoms with Crippen LogP contribution in [0.15, 0.2) is 84.0 Å². The molecule has 1 aromatic heterocycles. The standard InChI is InChI=1S/C21H20N2OS/c1-16(25-20-5-3-2-4-6-20)21(24)23-19-9-7-17(8-10-19)15-18-11-13-22-14-12-18/h2-14,16H,15H2,1H3,(H,23,24)/t16-/m1/s1. The van der Waals surface area contributed by atoms with E-state index in [0.717, 1.165) is 17.0 Å². The van der Waals surface area contributed by atoms with Crippen LogP contribution in [0.1, 0.15) is 18.1 Å². The van der Waals surface area contributed by atoms with Crippen LogP contribution in [0.2, 0.25) is 0 Å². The number of carbonyl (C=O) groups is 1. The molecule has 0 spiro atoms. The average molecular weight is 348 g/mol. The Morgan fingerprint density at radius 1 is 0.960 bits per heavy atom. The summed E-state index contributed by atoms with van der Waals surface area (Å²) in [6.07, 6.45) is 4.46. The van der Waals surface area contributed by atoms with Crippen molar-refractivity contribution in [3.05, 3.63) is 90.3 Å². The first kappa shape index (κ1) is 17.2. The number of carbonyl (C=O) groups excluding carboxylic acids is 1. The van der Waals surface area contributed by atoms with Crippen molar-refractivity contribution in [3.63, 3.8) is 0 Å². The van der Waals surface area contributed by atoms with Gasteiger partial charge in [0.25, 0.3) is 0 Å². The molecule has 0 saturated heterocycles. The molecule has 0 unspecified atom stereocenters. The van der Waals surface area contributed by atoms with Crippen molar-refractivity contribution in [2.75, 3.05) is 5.32 Å². The summed E-state index contributed by atoms with van der Waals surface area (Å²) in [4.78, 5) is 17.5. The molecule has 0 bridgehead atoms. The number of anilines is 1. The number of benzene rings is 2. The van der Waals surface area contributed by atoms with Gasteiger partial charge in [0.1, 0.15) is 0 Å². The van der Waals surface area contributed by atoms with Crippen LogP contribution in [0.25, 0.3) is 0 Å². The molecule has 1 amide bonds. The average Bonchev–Trinajstić information content (AvgIpc) is 2.65. The minimum absolute atomic E-state index is 0.00994. The Hall–Kier alpha value is -2.59. The summed E-state index contributed by atoms with van der Waals surface area (Å²) in [5.41, 5.74) is 3.25. The van der Waals surface area contributed by atoms with Crippen LogP contribution >= 0.6 is 11.8 Å². The number of hydrogen-bond acceptors (Lipinski definition) is 3. The van der Waals surface area contributed by atoms with Gasteiger partial charge in [-0.3, -0.25) is 9.78 Å². The molecule has 1 atom stereocenters. The molecule has 1 N–H and O–H groups in total. The molecule has 3 nitrogen and oxygen atoms in total. The van der Waals surface area contributed by atoms with E-state index in [1.54, 1.807) is 24.2 Å². The second-order valence-electron chi connectivity index (χ2n) is 5.79. The van der Waals surface area contributed by atoms with Crippen molar-refractivity contribution in [2.45, 2.75) is 23.5 Å². The first-order valence-corrected chi connectivity index (χ1v) is 9.09. The molecule has 25 heavy (non-hydrogen) atoms. The molecule has 0 aliphatic rings. The fourth-order valence-corrected chi connectivity index (χ4v) is 3.33. The predicted octanol–water partition coefficient (Wildman–Crippen LogP) is 4.79. The molecule has 126 valence electrons. The van der Waals surface area contributed by atoms with Crippen molar-refractivity contribution >= 4 is 23.4 Å². The van der Waals surface area contributed by atoms with E-state index < -0.39 is 0 Å². The van der Waals surface area contributed by atoms with Crippen molar-refractivity contribution in [2.24, 2.45) is 0 Å². The van der Waals surface area contributed by atoms with E-state index in [1.807, 2.05) is 73.7 Å². The van der Waals surface area contributed by atoms with Crippen LogP contribution in [-0.4, -0.2) is 16.1 Å². The van der Waals surface area contributed by atoms with Gasteiger partial charge < -0.3 is 5.32 Å². The SMILES string of the molecule is C[C@@H](Sc1ccccc1)C(=O)Nc1ccc(Cc2ccncc2)cc1. The van der Waals surface area contributed by atoms with E-state index in [9.17, 15) is 4.79 Å². The number of rotatable bonds is 6. The lowest BCUT2D eigenvalue weighted by Gasteiger charge is -2.12. The van der Waals surface area contributed by atoms with Crippen molar-refractivity contribution in [1.82, 2.24) is 4.98 Å². The summed E-state index contributed by atoms with van der Waals surface area (Å²) in [5, 5.41) is 2.83. The van der Waals surface area contributed by atoms with Crippen LogP contribution < -0.4 is 5.32 Å². The minimum atomic E-state index is -0.154. The maximum Gasteiger partial charge on any atom is 0.237 e. The number of hydrogen-bond donors (Lipinski definition) is 1. The molecule has 3 rings (SSSR count). The van der Waals surface area contributed by atoms with Gasteiger partial charge in [0.15, 0.2) is 0 Å². The highest BCUT2D eigenvalue weighted by Gasteiger charge is 2.14. The molecule has 0 aliphatic heterocycles. The highest BCUT2D eigenvalue weighted by atomic mass is 32.2. The number of amides is 1. The lowest BCUT2D eigenvalue weighted by molar-refractivity contribution is -0.115. The lowest BCUT2D eigenvalue weighted by atomic mass is 10.1. The second kappa shape index (κ2) is 8.49. The molecule has 0 aliphatic carbocycles. The van der Waals surface area contributed by atoms with Crippen molar-refractivity contribution in [1.29, 1.82) is 0 Å². The zero-order valence-corrected chi connectivity index (χ0v) is 14.9. The Balaban J connectivity index is 1.56. The molecule has 0 saturated carbocycles. The first-order valence-electron chi connectivity index (χ1n) is 8.21. The molecule has 2 aromatic carbocycles. The molecule has 3 aromatic rings. The van der Waals surface area contributed by atoms with Gasteiger partial charge in [-0.25, -0.2) is 0 Å². The third-order valence-corrected chi connectivity index (χ3v) is 4.92. The summed E-state index contributed by atoms with van der Waals surface area (Å²) in [6.45, 7) is 1.92. The van der Waals surface area contributed by atoms with Gasteiger partial charge in [-0.2, -0.15) is 0 Å². The maximum atomic E-state index is 12.4. The summed E-state index contributed by atoms with van der Waals surface area (Å²) in [5.74, 6) is 0.00994. The number of nitrogens with zero attached hydrogens (tertiary/aromatic N) is 1. The number of aromatic nitrogens is 1. The van der Waals surface area contributed by atoms with Gasteiger partial charge in [-0.1, -0.05) is 30.3 Å². The first-order chi connectivity index (χ1) is 12.2. The lowest BCUT2D eigenvalue weighted by Crippen LogP contribution is -2.22. The Labute approximate surface area is 152 Å². The van der Waals surface area contributed by atoms with Crippen LogP contribution in [-0.2, 0) is 11.2 Å². The van der Waals surface area contributed by atoms with Gasteiger partial charge in [-0.05, 0) is 60.9 Å². The Kier molecular flexibility index (Phi) is 5.86. The van der Waals surface area contributed by atoms with Gasteiger partial charge in [0.05, 0.1) is 5.25 Å². The number of thioether (sulfide) groups is 1. The highest BCUT2D eigenvalue weighted by molar-refractivity contribution is 8.00. The fourth-order valence-electron chi connectivity index (χ4n) is 2.44.